The van der Waals surface area contributed by atoms with E-state index in [-0.39, 0.29) is 10.0 Å². The van der Waals surface area contributed by atoms with Gasteiger partial charge >= 0.3 is 0 Å². The van der Waals surface area contributed by atoms with Crippen molar-refractivity contribution in [2.75, 3.05) is 6.61 Å². The summed E-state index contributed by atoms with van der Waals surface area (Å²) in [5.41, 5.74) is -0.423. The van der Waals surface area contributed by atoms with E-state index >= 15 is 0 Å². The molecular formula is C12H9BrCl2N2O2. The number of aromatic nitrogens is 2. The molecule has 4 nitrogen and oxygen atoms in total. The fraction of sp³-hybridized carbons (Fsp3) is 0.167. The molecule has 0 N–H and O–H groups in total. The molecule has 100 valence electrons. The van der Waals surface area contributed by atoms with Crippen molar-refractivity contribution in [3.8, 4) is 5.75 Å². The average molecular weight is 364 g/mol. The lowest BCUT2D eigenvalue weighted by Crippen LogP contribution is -2.25. The predicted octanol–water partition coefficient (Wildman–Crippen LogP) is 3.39. The molecule has 0 saturated carbocycles. The molecule has 1 heterocycles. The number of nitrogens with zero attached hydrogens (tertiary/aromatic N) is 2. The molecule has 0 bridgehead atoms. The Morgan fingerprint density at radius 3 is 2.63 bits per heavy atom. The number of ether oxygens (including phenoxy) is 1. The highest BCUT2D eigenvalue weighted by atomic mass is 79.9. The van der Waals surface area contributed by atoms with Crippen LogP contribution in [-0.2, 0) is 6.54 Å². The predicted molar refractivity (Wildman–Crippen MR) is 78.2 cm³/mol. The van der Waals surface area contributed by atoms with E-state index in [0.29, 0.717) is 13.2 Å². The molecule has 0 saturated heterocycles. The highest BCUT2D eigenvalue weighted by Gasteiger charge is 2.07. The fourth-order valence-electron chi connectivity index (χ4n) is 1.39. The third kappa shape index (κ3) is 3.72. The van der Waals surface area contributed by atoms with Gasteiger partial charge in [0, 0.05) is 4.47 Å². The zero-order valence-corrected chi connectivity index (χ0v) is 12.7. The smallest absolute Gasteiger partial charge is 0.287 e. The van der Waals surface area contributed by atoms with Crippen LogP contribution >= 0.6 is 39.1 Å². The molecule has 2 rings (SSSR count). The van der Waals surface area contributed by atoms with Crippen molar-refractivity contribution >= 4 is 39.1 Å². The van der Waals surface area contributed by atoms with Gasteiger partial charge in [-0.1, -0.05) is 39.1 Å². The molecule has 0 atom stereocenters. The Hall–Kier alpha value is -1.04. The van der Waals surface area contributed by atoms with Crippen molar-refractivity contribution in [2.24, 2.45) is 0 Å². The Morgan fingerprint density at radius 1 is 1.26 bits per heavy atom. The molecule has 0 fully saturated rings. The summed E-state index contributed by atoms with van der Waals surface area (Å²) >= 11 is 14.8. The first kappa shape index (κ1) is 14.4. The lowest BCUT2D eigenvalue weighted by atomic mass is 10.3. The van der Waals surface area contributed by atoms with Gasteiger partial charge in [0.1, 0.15) is 17.4 Å². The monoisotopic (exact) mass is 362 g/mol. The molecule has 0 amide bonds. The van der Waals surface area contributed by atoms with Crippen LogP contribution < -0.4 is 10.3 Å². The van der Waals surface area contributed by atoms with Gasteiger partial charge in [-0.25, -0.2) is 4.68 Å². The molecule has 0 radical (unpaired) electrons. The molecule has 0 aliphatic carbocycles. The highest BCUT2D eigenvalue weighted by Crippen LogP contribution is 2.16. The summed E-state index contributed by atoms with van der Waals surface area (Å²) in [4.78, 5) is 11.7. The summed E-state index contributed by atoms with van der Waals surface area (Å²) < 4.78 is 7.68. The zero-order chi connectivity index (χ0) is 13.8. The lowest BCUT2D eigenvalue weighted by Gasteiger charge is -2.08. The van der Waals surface area contributed by atoms with Gasteiger partial charge in [0.15, 0.2) is 0 Å². The van der Waals surface area contributed by atoms with E-state index in [1.165, 1.54) is 10.9 Å². The Morgan fingerprint density at radius 2 is 1.95 bits per heavy atom. The van der Waals surface area contributed by atoms with Crippen molar-refractivity contribution in [3.63, 3.8) is 0 Å². The Labute approximate surface area is 128 Å². The van der Waals surface area contributed by atoms with Crippen LogP contribution in [0.2, 0.25) is 10.0 Å². The minimum atomic E-state index is -0.423. The van der Waals surface area contributed by atoms with E-state index < -0.39 is 5.56 Å². The van der Waals surface area contributed by atoms with E-state index in [2.05, 4.69) is 21.0 Å². The zero-order valence-electron chi connectivity index (χ0n) is 9.65. The molecule has 0 aliphatic heterocycles. The maximum atomic E-state index is 11.7. The van der Waals surface area contributed by atoms with Crippen LogP contribution in [-0.4, -0.2) is 16.4 Å². The number of hydrogen-bond acceptors (Lipinski definition) is 3. The molecule has 1 aromatic heterocycles. The standard InChI is InChI=1S/C12H9BrCl2N2O2/c13-8-1-3-9(4-2-8)19-6-5-17-12(18)11(15)10(14)7-16-17/h1-4,7H,5-6H2. The quantitative estimate of drug-likeness (QED) is 0.836. The molecular weight excluding hydrogens is 355 g/mol. The van der Waals surface area contributed by atoms with Crippen LogP contribution in [0.5, 0.6) is 5.75 Å². The second-order valence-corrected chi connectivity index (χ2v) is 5.34. The lowest BCUT2D eigenvalue weighted by molar-refractivity contribution is 0.288. The molecule has 0 aliphatic rings. The number of rotatable bonds is 4. The largest absolute Gasteiger partial charge is 0.492 e. The fourth-order valence-corrected chi connectivity index (χ4v) is 1.92. The Kier molecular flexibility index (Phi) is 4.85. The minimum Gasteiger partial charge on any atom is -0.492 e. The number of halogens is 3. The SMILES string of the molecule is O=c1c(Cl)c(Cl)cnn1CCOc1ccc(Br)cc1. The van der Waals surface area contributed by atoms with Crippen molar-refractivity contribution in [2.45, 2.75) is 6.54 Å². The summed E-state index contributed by atoms with van der Waals surface area (Å²) in [5, 5.41) is 4.01. The first-order chi connectivity index (χ1) is 9.08. The summed E-state index contributed by atoms with van der Waals surface area (Å²) in [6.45, 7) is 0.609. The molecule has 19 heavy (non-hydrogen) atoms. The molecule has 2 aromatic rings. The van der Waals surface area contributed by atoms with Gasteiger partial charge in [-0.15, -0.1) is 0 Å². The Bertz CT molecular complexity index is 629. The van der Waals surface area contributed by atoms with Gasteiger partial charge in [0.05, 0.1) is 17.8 Å². The summed E-state index contributed by atoms with van der Waals surface area (Å²) in [5.74, 6) is 0.719. The van der Waals surface area contributed by atoms with Crippen molar-refractivity contribution in [1.29, 1.82) is 0 Å². The van der Waals surface area contributed by atoms with E-state index in [0.717, 1.165) is 10.2 Å². The van der Waals surface area contributed by atoms with E-state index in [1.807, 2.05) is 24.3 Å². The van der Waals surface area contributed by atoms with E-state index in [1.54, 1.807) is 0 Å². The van der Waals surface area contributed by atoms with Gasteiger partial charge in [-0.05, 0) is 24.3 Å². The van der Waals surface area contributed by atoms with Crippen LogP contribution in [0.25, 0.3) is 0 Å². The van der Waals surface area contributed by atoms with Crippen LogP contribution in [0.3, 0.4) is 0 Å². The van der Waals surface area contributed by atoms with Gasteiger partial charge in [-0.3, -0.25) is 4.79 Å². The van der Waals surface area contributed by atoms with Gasteiger partial charge < -0.3 is 4.74 Å². The van der Waals surface area contributed by atoms with E-state index in [4.69, 9.17) is 27.9 Å². The summed E-state index contributed by atoms with van der Waals surface area (Å²) in [6, 6.07) is 7.40. The van der Waals surface area contributed by atoms with Gasteiger partial charge in [0.25, 0.3) is 5.56 Å². The van der Waals surface area contributed by atoms with Gasteiger partial charge in [-0.2, -0.15) is 5.10 Å². The van der Waals surface area contributed by atoms with Crippen molar-refractivity contribution in [1.82, 2.24) is 9.78 Å². The number of hydrogen-bond donors (Lipinski definition) is 0. The van der Waals surface area contributed by atoms with Gasteiger partial charge in [0.2, 0.25) is 0 Å². The topological polar surface area (TPSA) is 44.1 Å². The third-order valence-corrected chi connectivity index (χ3v) is 3.61. The molecule has 0 unspecified atom stereocenters. The average Bonchev–Trinajstić information content (AvgIpc) is 2.41. The van der Waals surface area contributed by atoms with Crippen molar-refractivity contribution < 1.29 is 4.74 Å². The second-order valence-electron chi connectivity index (χ2n) is 3.64. The second kappa shape index (κ2) is 6.41. The minimum absolute atomic E-state index is 0.0275. The first-order valence-electron chi connectivity index (χ1n) is 5.37. The molecule has 0 spiro atoms. The Balaban J connectivity index is 1.98. The maximum absolute atomic E-state index is 11.7. The van der Waals surface area contributed by atoms with Crippen LogP contribution in [0.15, 0.2) is 39.7 Å². The summed E-state index contributed by atoms with van der Waals surface area (Å²) in [6.07, 6.45) is 1.34. The van der Waals surface area contributed by atoms with E-state index in [9.17, 15) is 4.79 Å². The normalized spacial score (nSPS) is 10.5. The highest BCUT2D eigenvalue weighted by molar-refractivity contribution is 9.10. The van der Waals surface area contributed by atoms with Crippen LogP contribution in [0, 0.1) is 0 Å². The van der Waals surface area contributed by atoms with Crippen molar-refractivity contribution in [3.05, 3.63) is 55.3 Å². The molecule has 1 aromatic carbocycles. The van der Waals surface area contributed by atoms with Crippen LogP contribution in [0.1, 0.15) is 0 Å². The van der Waals surface area contributed by atoms with Crippen LogP contribution in [0.4, 0.5) is 0 Å². The molecule has 7 heteroatoms. The first-order valence-corrected chi connectivity index (χ1v) is 6.92. The number of benzene rings is 1. The third-order valence-electron chi connectivity index (χ3n) is 2.33. The summed E-state index contributed by atoms with van der Waals surface area (Å²) in [7, 11) is 0. The maximum Gasteiger partial charge on any atom is 0.287 e.